The number of carbonyl (C=O) groups is 2. The maximum Gasteiger partial charge on any atom is 0.307 e. The van der Waals surface area contributed by atoms with Crippen LogP contribution in [0.25, 0.3) is 0 Å². The molecule has 0 bridgehead atoms. The summed E-state index contributed by atoms with van der Waals surface area (Å²) in [5.74, 6) is -2.19. The molecule has 0 unspecified atom stereocenters. The molecule has 0 spiro atoms. The molecule has 1 rings (SSSR count). The number of hydrogen-bond donors (Lipinski definition) is 2. The number of unbranched alkanes of at least 4 members (excludes halogenated alkanes) is 1. The molecule has 1 aliphatic carbocycles. The summed E-state index contributed by atoms with van der Waals surface area (Å²) in [7, 11) is 0. The van der Waals surface area contributed by atoms with Gasteiger partial charge in [-0.15, -0.1) is 0 Å². The van der Waals surface area contributed by atoms with Crippen molar-refractivity contribution in [1.29, 1.82) is 0 Å². The van der Waals surface area contributed by atoms with Gasteiger partial charge in [-0.3, -0.25) is 9.59 Å². The first-order valence-corrected chi connectivity index (χ1v) is 6.89. The number of hydrogen-bond acceptors (Lipinski definition) is 3. The molecular weight excluding hydrogens is 246 g/mol. The van der Waals surface area contributed by atoms with Crippen LogP contribution in [-0.2, 0) is 9.59 Å². The topological polar surface area (TPSA) is 77.8 Å². The first-order valence-electron chi connectivity index (χ1n) is 6.89. The highest BCUT2D eigenvalue weighted by atomic mass is 16.4. The van der Waals surface area contributed by atoms with Crippen LogP contribution >= 0.6 is 0 Å². The van der Waals surface area contributed by atoms with Crippen molar-refractivity contribution in [3.8, 4) is 0 Å². The number of carboxylic acid groups (broad SMARTS) is 1. The van der Waals surface area contributed by atoms with E-state index in [1.54, 1.807) is 4.90 Å². The zero-order chi connectivity index (χ0) is 14.3. The summed E-state index contributed by atoms with van der Waals surface area (Å²) in [6, 6.07) is 0. The number of aliphatic hydroxyl groups is 1. The van der Waals surface area contributed by atoms with E-state index >= 15 is 0 Å². The predicted octanol–water partition coefficient (Wildman–Crippen LogP) is 1.27. The van der Waals surface area contributed by atoms with Gasteiger partial charge in [-0.25, -0.2) is 0 Å². The van der Waals surface area contributed by atoms with Crippen molar-refractivity contribution in [3.05, 3.63) is 12.2 Å². The molecular formula is C14H23NO4. The van der Waals surface area contributed by atoms with Crippen LogP contribution in [0.5, 0.6) is 0 Å². The molecule has 0 aliphatic heterocycles. The van der Waals surface area contributed by atoms with Crippen LogP contribution in [0.15, 0.2) is 12.2 Å². The van der Waals surface area contributed by atoms with Gasteiger partial charge in [0.25, 0.3) is 0 Å². The van der Waals surface area contributed by atoms with Crippen LogP contribution in [0.3, 0.4) is 0 Å². The molecule has 1 aliphatic rings. The van der Waals surface area contributed by atoms with E-state index in [2.05, 4.69) is 0 Å². The second kappa shape index (κ2) is 7.94. The van der Waals surface area contributed by atoms with E-state index in [0.717, 1.165) is 12.8 Å². The molecule has 0 aromatic heterocycles. The zero-order valence-corrected chi connectivity index (χ0v) is 11.4. The third-order valence-corrected chi connectivity index (χ3v) is 3.53. The van der Waals surface area contributed by atoms with Gasteiger partial charge < -0.3 is 15.1 Å². The van der Waals surface area contributed by atoms with Gasteiger partial charge >= 0.3 is 5.97 Å². The fraction of sp³-hybridized carbons (Fsp3) is 0.714. The molecule has 0 aromatic carbocycles. The van der Waals surface area contributed by atoms with Gasteiger partial charge in [0, 0.05) is 13.1 Å². The maximum absolute atomic E-state index is 12.4. The third-order valence-electron chi connectivity index (χ3n) is 3.53. The molecule has 108 valence electrons. The van der Waals surface area contributed by atoms with E-state index in [1.807, 2.05) is 19.1 Å². The SMILES string of the molecule is CCCCN(CCO)C(=O)[C@@H]1CC=CC[C@@H]1C(=O)O. The Morgan fingerprint density at radius 1 is 1.21 bits per heavy atom. The molecule has 2 atom stereocenters. The number of aliphatic hydroxyl groups excluding tert-OH is 1. The van der Waals surface area contributed by atoms with Crippen molar-refractivity contribution >= 4 is 11.9 Å². The van der Waals surface area contributed by atoms with Gasteiger partial charge in [0.2, 0.25) is 5.91 Å². The Labute approximate surface area is 113 Å². The van der Waals surface area contributed by atoms with Gasteiger partial charge in [0.15, 0.2) is 0 Å². The fourth-order valence-corrected chi connectivity index (χ4v) is 2.40. The van der Waals surface area contributed by atoms with E-state index < -0.39 is 17.8 Å². The Hall–Kier alpha value is -1.36. The summed E-state index contributed by atoms with van der Waals surface area (Å²) in [6.07, 6.45) is 6.41. The molecule has 5 heteroatoms. The Morgan fingerprint density at radius 3 is 2.37 bits per heavy atom. The zero-order valence-electron chi connectivity index (χ0n) is 11.4. The predicted molar refractivity (Wildman–Crippen MR) is 71.6 cm³/mol. The van der Waals surface area contributed by atoms with Gasteiger partial charge in [-0.05, 0) is 19.3 Å². The van der Waals surface area contributed by atoms with Crippen molar-refractivity contribution in [2.24, 2.45) is 11.8 Å². The quantitative estimate of drug-likeness (QED) is 0.682. The summed E-state index contributed by atoms with van der Waals surface area (Å²) in [5.41, 5.74) is 0. The number of aliphatic carboxylic acids is 1. The van der Waals surface area contributed by atoms with Gasteiger partial charge in [0.05, 0.1) is 18.4 Å². The Balaban J connectivity index is 2.75. The van der Waals surface area contributed by atoms with Crippen LogP contribution in [0.4, 0.5) is 0 Å². The molecule has 0 aromatic rings. The number of nitrogens with zero attached hydrogens (tertiary/aromatic N) is 1. The molecule has 1 amide bonds. The van der Waals surface area contributed by atoms with Crippen LogP contribution < -0.4 is 0 Å². The largest absolute Gasteiger partial charge is 0.481 e. The number of amides is 1. The Morgan fingerprint density at radius 2 is 1.84 bits per heavy atom. The summed E-state index contributed by atoms with van der Waals surface area (Å²) in [5, 5.41) is 18.2. The molecule has 0 radical (unpaired) electrons. The lowest BCUT2D eigenvalue weighted by Crippen LogP contribution is -2.43. The standard InChI is InChI=1S/C14H23NO4/c1-2-3-8-15(9-10-16)13(17)11-6-4-5-7-12(11)14(18)19/h4-5,11-12,16H,2-3,6-10H2,1H3,(H,18,19)/t11-,12+/m1/s1. The van der Waals surface area contributed by atoms with Crippen molar-refractivity contribution < 1.29 is 19.8 Å². The van der Waals surface area contributed by atoms with Crippen molar-refractivity contribution in [3.63, 3.8) is 0 Å². The summed E-state index contributed by atoms with van der Waals surface area (Å²) in [6.45, 7) is 2.81. The highest BCUT2D eigenvalue weighted by molar-refractivity contribution is 5.85. The van der Waals surface area contributed by atoms with Gasteiger partial charge in [-0.2, -0.15) is 0 Å². The number of allylic oxidation sites excluding steroid dienone is 2. The van der Waals surface area contributed by atoms with E-state index in [1.165, 1.54) is 0 Å². The molecule has 0 saturated carbocycles. The number of rotatable bonds is 7. The van der Waals surface area contributed by atoms with E-state index in [0.29, 0.717) is 19.4 Å². The average Bonchev–Trinajstić information content (AvgIpc) is 2.42. The lowest BCUT2D eigenvalue weighted by atomic mass is 9.82. The molecule has 0 fully saturated rings. The minimum Gasteiger partial charge on any atom is -0.481 e. The van der Waals surface area contributed by atoms with Gasteiger partial charge in [-0.1, -0.05) is 25.5 Å². The summed E-state index contributed by atoms with van der Waals surface area (Å²) >= 11 is 0. The van der Waals surface area contributed by atoms with Crippen LogP contribution in [-0.4, -0.2) is 46.7 Å². The van der Waals surface area contributed by atoms with Gasteiger partial charge in [0.1, 0.15) is 0 Å². The second-order valence-corrected chi connectivity index (χ2v) is 4.90. The van der Waals surface area contributed by atoms with Crippen LogP contribution in [0, 0.1) is 11.8 Å². The van der Waals surface area contributed by atoms with Crippen LogP contribution in [0.2, 0.25) is 0 Å². The lowest BCUT2D eigenvalue weighted by molar-refractivity contribution is -0.150. The van der Waals surface area contributed by atoms with Crippen molar-refractivity contribution in [2.75, 3.05) is 19.7 Å². The minimum absolute atomic E-state index is 0.0875. The molecule has 2 N–H and O–H groups in total. The van der Waals surface area contributed by atoms with E-state index in [9.17, 15) is 14.7 Å². The Bertz CT molecular complexity index is 340. The number of carboxylic acids is 1. The fourth-order valence-electron chi connectivity index (χ4n) is 2.40. The van der Waals surface area contributed by atoms with E-state index in [4.69, 9.17) is 5.11 Å². The molecule has 19 heavy (non-hydrogen) atoms. The third kappa shape index (κ3) is 4.35. The van der Waals surface area contributed by atoms with Crippen LogP contribution in [0.1, 0.15) is 32.6 Å². The first-order chi connectivity index (χ1) is 9.11. The number of carbonyl (C=O) groups excluding carboxylic acids is 1. The lowest BCUT2D eigenvalue weighted by Gasteiger charge is -2.30. The molecule has 0 heterocycles. The highest BCUT2D eigenvalue weighted by Crippen LogP contribution is 2.27. The molecule has 5 nitrogen and oxygen atoms in total. The summed E-state index contributed by atoms with van der Waals surface area (Å²) < 4.78 is 0. The second-order valence-electron chi connectivity index (χ2n) is 4.90. The smallest absolute Gasteiger partial charge is 0.307 e. The van der Waals surface area contributed by atoms with E-state index in [-0.39, 0.29) is 19.1 Å². The minimum atomic E-state index is -0.915. The maximum atomic E-state index is 12.4. The van der Waals surface area contributed by atoms with Crippen molar-refractivity contribution in [1.82, 2.24) is 4.90 Å². The highest BCUT2D eigenvalue weighted by Gasteiger charge is 2.35. The van der Waals surface area contributed by atoms with Crippen molar-refractivity contribution in [2.45, 2.75) is 32.6 Å². The monoisotopic (exact) mass is 269 g/mol. The Kier molecular flexibility index (Phi) is 6.56. The normalized spacial score (nSPS) is 22.2. The average molecular weight is 269 g/mol. The molecule has 0 saturated heterocycles. The summed E-state index contributed by atoms with van der Waals surface area (Å²) in [4.78, 5) is 25.2. The first kappa shape index (κ1) is 15.7.